The van der Waals surface area contributed by atoms with Crippen molar-refractivity contribution in [1.82, 2.24) is 14.3 Å². The molecule has 1 saturated heterocycles. The Kier molecular flexibility index (Phi) is 6.32. The molecule has 0 aliphatic carbocycles. The minimum absolute atomic E-state index is 0.0449. The van der Waals surface area contributed by atoms with E-state index in [4.69, 9.17) is 16.3 Å². The zero-order valence-electron chi connectivity index (χ0n) is 17.6. The first-order valence-corrected chi connectivity index (χ1v) is 11.8. The summed E-state index contributed by atoms with van der Waals surface area (Å²) in [5.74, 6) is 0.709. The van der Waals surface area contributed by atoms with Gasteiger partial charge in [0.15, 0.2) is 0 Å². The molecule has 2 aromatic carbocycles. The van der Waals surface area contributed by atoms with Crippen molar-refractivity contribution in [3.63, 3.8) is 0 Å². The normalized spacial score (nSPS) is 17.4. The molecule has 0 N–H and O–H groups in total. The highest BCUT2D eigenvalue weighted by Gasteiger charge is 2.34. The van der Waals surface area contributed by atoms with Gasteiger partial charge in [-0.1, -0.05) is 29.3 Å². The number of halogens is 2. The van der Waals surface area contributed by atoms with Crippen LogP contribution in [0.3, 0.4) is 0 Å². The molecular weight excluding hydrogens is 455 g/mol. The maximum absolute atomic E-state index is 13.4. The first-order chi connectivity index (χ1) is 15.2. The molecule has 1 fully saturated rings. The van der Waals surface area contributed by atoms with Gasteiger partial charge in [0.2, 0.25) is 15.9 Å². The van der Waals surface area contributed by atoms with Crippen molar-refractivity contribution in [3.8, 4) is 11.6 Å². The SMILES string of the molecule is Cc1ccc(S(=O)(=O)N2CCN(c3cc(Oc4ccc(F)c(Cl)c4)ncn3)CC2C)cc1. The summed E-state index contributed by atoms with van der Waals surface area (Å²) in [4.78, 5) is 10.7. The molecule has 10 heteroatoms. The smallest absolute Gasteiger partial charge is 0.243 e. The lowest BCUT2D eigenvalue weighted by molar-refractivity contribution is 0.305. The minimum atomic E-state index is -3.58. The van der Waals surface area contributed by atoms with Crippen molar-refractivity contribution in [2.24, 2.45) is 0 Å². The lowest BCUT2D eigenvalue weighted by Crippen LogP contribution is -2.54. The first-order valence-electron chi connectivity index (χ1n) is 10.0. The molecule has 3 aromatic rings. The van der Waals surface area contributed by atoms with Gasteiger partial charge in [-0.25, -0.2) is 22.8 Å². The Morgan fingerprint density at radius 2 is 1.84 bits per heavy atom. The van der Waals surface area contributed by atoms with E-state index in [1.54, 1.807) is 30.3 Å². The van der Waals surface area contributed by atoms with Gasteiger partial charge >= 0.3 is 0 Å². The third-order valence-electron chi connectivity index (χ3n) is 5.26. The van der Waals surface area contributed by atoms with Gasteiger partial charge in [-0.05, 0) is 38.1 Å². The number of anilines is 1. The number of aryl methyl sites for hydroxylation is 1. The molecule has 0 saturated carbocycles. The number of piperazine rings is 1. The first kappa shape index (κ1) is 22.4. The molecule has 0 amide bonds. The van der Waals surface area contributed by atoms with E-state index in [1.807, 2.05) is 18.7 Å². The van der Waals surface area contributed by atoms with Gasteiger partial charge in [-0.15, -0.1) is 0 Å². The number of benzene rings is 2. The van der Waals surface area contributed by atoms with Crippen LogP contribution in [-0.4, -0.2) is 48.4 Å². The zero-order valence-corrected chi connectivity index (χ0v) is 19.1. The highest BCUT2D eigenvalue weighted by Crippen LogP contribution is 2.28. The molecule has 1 unspecified atom stereocenters. The lowest BCUT2D eigenvalue weighted by atomic mass is 10.2. The van der Waals surface area contributed by atoms with Gasteiger partial charge in [0.05, 0.1) is 9.92 Å². The lowest BCUT2D eigenvalue weighted by Gasteiger charge is -2.39. The van der Waals surface area contributed by atoms with Crippen LogP contribution >= 0.6 is 11.6 Å². The molecule has 1 atom stereocenters. The molecule has 0 radical (unpaired) electrons. The Labute approximate surface area is 191 Å². The maximum atomic E-state index is 13.4. The third kappa shape index (κ3) is 4.69. The molecule has 1 aliphatic heterocycles. The van der Waals surface area contributed by atoms with E-state index in [2.05, 4.69) is 9.97 Å². The molecule has 168 valence electrons. The van der Waals surface area contributed by atoms with Gasteiger partial charge in [-0.2, -0.15) is 4.31 Å². The van der Waals surface area contributed by atoms with Crippen LogP contribution in [0.25, 0.3) is 0 Å². The number of hydrogen-bond donors (Lipinski definition) is 0. The summed E-state index contributed by atoms with van der Waals surface area (Å²) in [5, 5.41) is -0.0449. The highest BCUT2D eigenvalue weighted by atomic mass is 35.5. The summed E-state index contributed by atoms with van der Waals surface area (Å²) < 4.78 is 46.7. The molecule has 0 bridgehead atoms. The second kappa shape index (κ2) is 9.01. The summed E-state index contributed by atoms with van der Waals surface area (Å²) in [7, 11) is -3.58. The van der Waals surface area contributed by atoms with E-state index in [-0.39, 0.29) is 16.9 Å². The van der Waals surface area contributed by atoms with Crippen molar-refractivity contribution < 1.29 is 17.5 Å². The molecule has 4 rings (SSSR count). The quantitative estimate of drug-likeness (QED) is 0.547. The summed E-state index contributed by atoms with van der Waals surface area (Å²) in [5.41, 5.74) is 1.01. The monoisotopic (exact) mass is 476 g/mol. The summed E-state index contributed by atoms with van der Waals surface area (Å²) >= 11 is 5.80. The summed E-state index contributed by atoms with van der Waals surface area (Å²) in [6.07, 6.45) is 1.37. The van der Waals surface area contributed by atoms with E-state index in [0.29, 0.717) is 36.1 Å². The van der Waals surface area contributed by atoms with Crippen LogP contribution in [-0.2, 0) is 10.0 Å². The van der Waals surface area contributed by atoms with Crippen LogP contribution in [0.15, 0.2) is 59.8 Å². The highest BCUT2D eigenvalue weighted by molar-refractivity contribution is 7.89. The average Bonchev–Trinajstić information content (AvgIpc) is 2.76. The van der Waals surface area contributed by atoms with Crippen molar-refractivity contribution in [2.45, 2.75) is 24.8 Å². The molecule has 7 nitrogen and oxygen atoms in total. The van der Waals surface area contributed by atoms with Crippen LogP contribution < -0.4 is 9.64 Å². The predicted molar refractivity (Wildman–Crippen MR) is 120 cm³/mol. The topological polar surface area (TPSA) is 75.6 Å². The number of aromatic nitrogens is 2. The average molecular weight is 477 g/mol. The molecular formula is C22H22ClFN4O3S. The zero-order chi connectivity index (χ0) is 22.9. The molecule has 1 aromatic heterocycles. The van der Waals surface area contributed by atoms with Crippen LogP contribution in [0.2, 0.25) is 5.02 Å². The van der Waals surface area contributed by atoms with Crippen LogP contribution in [0.4, 0.5) is 10.2 Å². The number of ether oxygens (including phenoxy) is 1. The Morgan fingerprint density at radius 1 is 1.09 bits per heavy atom. The fourth-order valence-corrected chi connectivity index (χ4v) is 5.36. The largest absolute Gasteiger partial charge is 0.439 e. The van der Waals surface area contributed by atoms with Crippen molar-refractivity contribution >= 4 is 27.4 Å². The molecule has 32 heavy (non-hydrogen) atoms. The van der Waals surface area contributed by atoms with Gasteiger partial charge in [-0.3, -0.25) is 0 Å². The molecule has 2 heterocycles. The van der Waals surface area contributed by atoms with Crippen LogP contribution in [0, 0.1) is 12.7 Å². The van der Waals surface area contributed by atoms with E-state index in [0.717, 1.165) is 5.56 Å². The number of hydrogen-bond acceptors (Lipinski definition) is 6. The molecule has 0 spiro atoms. The second-order valence-corrected chi connectivity index (χ2v) is 9.91. The van der Waals surface area contributed by atoms with E-state index >= 15 is 0 Å². The van der Waals surface area contributed by atoms with Gasteiger partial charge in [0.25, 0.3) is 0 Å². The Bertz CT molecular complexity index is 1220. The third-order valence-corrected chi connectivity index (χ3v) is 7.58. The van der Waals surface area contributed by atoms with Gasteiger partial charge in [0, 0.05) is 37.8 Å². The van der Waals surface area contributed by atoms with E-state index in [9.17, 15) is 12.8 Å². The van der Waals surface area contributed by atoms with Gasteiger partial charge in [0.1, 0.15) is 23.7 Å². The standard InChI is InChI=1S/C22H22ClFN4O3S/c1-15-3-6-18(7-4-15)32(29,30)28-10-9-27(13-16(28)2)21-12-22(26-14-25-21)31-17-5-8-20(24)19(23)11-17/h3-8,11-12,14,16H,9-10,13H2,1-2H3. The maximum Gasteiger partial charge on any atom is 0.243 e. The van der Waals surface area contributed by atoms with E-state index < -0.39 is 15.8 Å². The minimum Gasteiger partial charge on any atom is -0.439 e. The Morgan fingerprint density at radius 3 is 2.53 bits per heavy atom. The molecule has 1 aliphatic rings. The Hall–Kier alpha value is -2.75. The second-order valence-electron chi connectivity index (χ2n) is 7.62. The van der Waals surface area contributed by atoms with Crippen molar-refractivity contribution in [2.75, 3.05) is 24.5 Å². The number of sulfonamides is 1. The predicted octanol–water partition coefficient (Wildman–Crippen LogP) is 4.27. The fraction of sp³-hybridized carbons (Fsp3) is 0.273. The van der Waals surface area contributed by atoms with Gasteiger partial charge < -0.3 is 9.64 Å². The number of nitrogens with zero attached hydrogens (tertiary/aromatic N) is 4. The fourth-order valence-electron chi connectivity index (χ4n) is 3.57. The summed E-state index contributed by atoms with van der Waals surface area (Å²) in [6.45, 7) is 5.04. The van der Waals surface area contributed by atoms with E-state index in [1.165, 1.54) is 28.8 Å². The van der Waals surface area contributed by atoms with Crippen LogP contribution in [0.1, 0.15) is 12.5 Å². The van der Waals surface area contributed by atoms with Crippen molar-refractivity contribution in [1.29, 1.82) is 0 Å². The van der Waals surface area contributed by atoms with Crippen LogP contribution in [0.5, 0.6) is 11.6 Å². The number of rotatable bonds is 5. The Balaban J connectivity index is 1.48. The summed E-state index contributed by atoms with van der Waals surface area (Å²) in [6, 6.07) is 12.3. The van der Waals surface area contributed by atoms with Crippen molar-refractivity contribution in [3.05, 3.63) is 71.3 Å².